The fourth-order valence-electron chi connectivity index (χ4n) is 2.10. The zero-order valence-corrected chi connectivity index (χ0v) is 15.9. The van der Waals surface area contributed by atoms with E-state index >= 15 is 0 Å². The molecule has 2 N–H and O–H groups in total. The third-order valence-electron chi connectivity index (χ3n) is 3.17. The summed E-state index contributed by atoms with van der Waals surface area (Å²) in [5, 5.41) is 5.15. The van der Waals surface area contributed by atoms with Gasteiger partial charge in [0.1, 0.15) is 0 Å². The Hall–Kier alpha value is -2.23. The lowest BCUT2D eigenvalue weighted by molar-refractivity contribution is 0.103. The van der Waals surface area contributed by atoms with E-state index in [1.807, 2.05) is 18.4 Å². The van der Waals surface area contributed by atoms with Gasteiger partial charge in [0.15, 0.2) is 5.13 Å². The number of rotatable bonds is 5. The van der Waals surface area contributed by atoms with E-state index < -0.39 is 10.0 Å². The highest BCUT2D eigenvalue weighted by atomic mass is 32.2. The molecule has 0 spiro atoms. The molecule has 0 bridgehead atoms. The van der Waals surface area contributed by atoms with E-state index in [4.69, 9.17) is 0 Å². The molecule has 0 unspecified atom stereocenters. The topological polar surface area (TPSA) is 88.2 Å². The molecule has 9 heteroatoms. The van der Waals surface area contributed by atoms with Gasteiger partial charge in [0.2, 0.25) is 10.0 Å². The number of thiazole rings is 1. The standard InChI is InChI=1S/C16H15N3O3S3/c1-10-3-8-14(24-10)15(20)18-16-17-13(9-23-16)11-4-6-12(7-5-11)19-25(2,21)22/h3-9,19H,1-2H3,(H,17,18,20). The first-order valence-corrected chi connectivity index (χ1v) is 10.8. The number of carbonyl (C=O) groups is 1. The number of benzene rings is 1. The summed E-state index contributed by atoms with van der Waals surface area (Å²) in [4.78, 5) is 18.3. The van der Waals surface area contributed by atoms with Gasteiger partial charge in [0.05, 0.1) is 16.8 Å². The lowest BCUT2D eigenvalue weighted by Crippen LogP contribution is -2.09. The van der Waals surface area contributed by atoms with Crippen LogP contribution >= 0.6 is 22.7 Å². The van der Waals surface area contributed by atoms with E-state index in [-0.39, 0.29) is 5.91 Å². The second kappa shape index (κ2) is 6.95. The van der Waals surface area contributed by atoms with Crippen LogP contribution in [0.15, 0.2) is 41.8 Å². The van der Waals surface area contributed by atoms with E-state index in [2.05, 4.69) is 15.0 Å². The van der Waals surface area contributed by atoms with Crippen molar-refractivity contribution in [1.82, 2.24) is 4.98 Å². The molecule has 2 heterocycles. The zero-order valence-electron chi connectivity index (χ0n) is 13.4. The number of aromatic nitrogens is 1. The van der Waals surface area contributed by atoms with Crippen molar-refractivity contribution in [3.8, 4) is 11.3 Å². The largest absolute Gasteiger partial charge is 0.297 e. The Balaban J connectivity index is 1.71. The number of hydrogen-bond acceptors (Lipinski definition) is 6. The third-order valence-corrected chi connectivity index (χ3v) is 5.54. The number of nitrogens with zero attached hydrogens (tertiary/aromatic N) is 1. The van der Waals surface area contributed by atoms with Crippen LogP contribution in [0.1, 0.15) is 14.5 Å². The predicted octanol–water partition coefficient (Wildman–Crippen LogP) is 3.80. The fourth-order valence-corrected chi connectivity index (χ4v) is 4.14. The molecule has 0 aliphatic heterocycles. The Morgan fingerprint density at radius 3 is 2.44 bits per heavy atom. The van der Waals surface area contributed by atoms with Crippen molar-refractivity contribution in [3.63, 3.8) is 0 Å². The summed E-state index contributed by atoms with van der Waals surface area (Å²) >= 11 is 2.77. The van der Waals surface area contributed by atoms with Gasteiger partial charge < -0.3 is 0 Å². The predicted molar refractivity (Wildman–Crippen MR) is 103 cm³/mol. The maximum atomic E-state index is 12.2. The summed E-state index contributed by atoms with van der Waals surface area (Å²) in [5.41, 5.74) is 2.04. The molecule has 3 aromatic rings. The molecule has 2 aromatic heterocycles. The number of anilines is 2. The smallest absolute Gasteiger partial charge is 0.267 e. The summed E-state index contributed by atoms with van der Waals surface area (Å²) in [7, 11) is -3.30. The van der Waals surface area contributed by atoms with Gasteiger partial charge in [-0.25, -0.2) is 13.4 Å². The van der Waals surface area contributed by atoms with E-state index in [9.17, 15) is 13.2 Å². The van der Waals surface area contributed by atoms with Crippen LogP contribution in [0.4, 0.5) is 10.8 Å². The van der Waals surface area contributed by atoms with Crippen molar-refractivity contribution in [3.05, 3.63) is 51.5 Å². The van der Waals surface area contributed by atoms with Crippen molar-refractivity contribution in [2.45, 2.75) is 6.92 Å². The molecule has 3 rings (SSSR count). The highest BCUT2D eigenvalue weighted by molar-refractivity contribution is 7.92. The van der Waals surface area contributed by atoms with Crippen molar-refractivity contribution < 1.29 is 13.2 Å². The summed E-state index contributed by atoms with van der Waals surface area (Å²) in [6.07, 6.45) is 1.10. The number of aryl methyl sites for hydroxylation is 1. The summed E-state index contributed by atoms with van der Waals surface area (Å²) in [5.74, 6) is -0.174. The van der Waals surface area contributed by atoms with Gasteiger partial charge in [0, 0.05) is 21.5 Å². The van der Waals surface area contributed by atoms with Crippen LogP contribution in [0.25, 0.3) is 11.3 Å². The third kappa shape index (κ3) is 4.65. The second-order valence-electron chi connectivity index (χ2n) is 5.35. The number of thiophene rings is 1. The van der Waals surface area contributed by atoms with Crippen molar-refractivity contribution in [2.24, 2.45) is 0 Å². The number of amides is 1. The van der Waals surface area contributed by atoms with Crippen LogP contribution in [0.2, 0.25) is 0 Å². The molecule has 1 aromatic carbocycles. The molecule has 0 aliphatic rings. The van der Waals surface area contributed by atoms with Crippen molar-refractivity contribution >= 4 is 49.4 Å². The van der Waals surface area contributed by atoms with E-state index in [0.717, 1.165) is 16.7 Å². The quantitative estimate of drug-likeness (QED) is 0.690. The lowest BCUT2D eigenvalue weighted by atomic mass is 10.1. The highest BCUT2D eigenvalue weighted by Crippen LogP contribution is 2.27. The molecule has 130 valence electrons. The average molecular weight is 394 g/mol. The van der Waals surface area contributed by atoms with Gasteiger partial charge in [-0.1, -0.05) is 12.1 Å². The molecule has 0 atom stereocenters. The minimum absolute atomic E-state index is 0.174. The minimum atomic E-state index is -3.30. The van der Waals surface area contributed by atoms with Gasteiger partial charge in [-0.15, -0.1) is 22.7 Å². The number of sulfonamides is 1. The first-order chi connectivity index (χ1) is 11.8. The first-order valence-electron chi connectivity index (χ1n) is 7.22. The summed E-state index contributed by atoms with van der Waals surface area (Å²) < 4.78 is 24.8. The second-order valence-corrected chi connectivity index (χ2v) is 9.25. The van der Waals surface area contributed by atoms with E-state index in [1.165, 1.54) is 22.7 Å². The molecular weight excluding hydrogens is 378 g/mol. The molecular formula is C16H15N3O3S3. The van der Waals surface area contributed by atoms with Crippen LogP contribution < -0.4 is 10.0 Å². The Kier molecular flexibility index (Phi) is 4.89. The number of carbonyl (C=O) groups excluding carboxylic acids is 1. The SMILES string of the molecule is Cc1ccc(C(=O)Nc2nc(-c3ccc(NS(C)(=O)=O)cc3)cs2)s1. The molecule has 6 nitrogen and oxygen atoms in total. The molecule has 0 fully saturated rings. The molecule has 0 saturated carbocycles. The normalized spacial score (nSPS) is 11.3. The Labute approximate surface area is 153 Å². The molecule has 1 amide bonds. The van der Waals surface area contributed by atoms with Gasteiger partial charge in [-0.2, -0.15) is 0 Å². The summed E-state index contributed by atoms with van der Waals surface area (Å²) in [6.45, 7) is 1.95. The zero-order chi connectivity index (χ0) is 18.0. The molecule has 0 radical (unpaired) electrons. The first kappa shape index (κ1) is 17.6. The van der Waals surface area contributed by atoms with Crippen molar-refractivity contribution in [1.29, 1.82) is 0 Å². The number of nitrogens with one attached hydrogen (secondary N) is 2. The lowest BCUT2D eigenvalue weighted by Gasteiger charge is -2.04. The minimum Gasteiger partial charge on any atom is -0.297 e. The molecule has 0 aliphatic carbocycles. The Bertz CT molecular complexity index is 1000. The van der Waals surface area contributed by atoms with Crippen LogP contribution in [0.3, 0.4) is 0 Å². The van der Waals surface area contributed by atoms with Gasteiger partial charge in [-0.3, -0.25) is 14.8 Å². The number of hydrogen-bond donors (Lipinski definition) is 2. The van der Waals surface area contributed by atoms with Crippen LogP contribution in [-0.2, 0) is 10.0 Å². The maximum Gasteiger partial charge on any atom is 0.267 e. The molecule has 0 saturated heterocycles. The van der Waals surface area contributed by atoms with Gasteiger partial charge >= 0.3 is 0 Å². The summed E-state index contributed by atoms with van der Waals surface area (Å²) in [6, 6.07) is 10.6. The van der Waals surface area contributed by atoms with Gasteiger partial charge in [0.25, 0.3) is 5.91 Å². The van der Waals surface area contributed by atoms with Crippen LogP contribution in [-0.4, -0.2) is 25.6 Å². The van der Waals surface area contributed by atoms with Gasteiger partial charge in [-0.05, 0) is 31.2 Å². The maximum absolute atomic E-state index is 12.2. The van der Waals surface area contributed by atoms with Crippen LogP contribution in [0, 0.1) is 6.92 Å². The van der Waals surface area contributed by atoms with Crippen LogP contribution in [0.5, 0.6) is 0 Å². The fraction of sp³-hybridized carbons (Fsp3) is 0.125. The Morgan fingerprint density at radius 1 is 1.12 bits per heavy atom. The monoisotopic (exact) mass is 393 g/mol. The average Bonchev–Trinajstić information content (AvgIpc) is 3.16. The van der Waals surface area contributed by atoms with Crippen molar-refractivity contribution in [2.75, 3.05) is 16.3 Å². The molecule has 25 heavy (non-hydrogen) atoms. The van der Waals surface area contributed by atoms with E-state index in [1.54, 1.807) is 30.3 Å². The highest BCUT2D eigenvalue weighted by Gasteiger charge is 2.12. The Morgan fingerprint density at radius 2 is 1.84 bits per heavy atom. The van der Waals surface area contributed by atoms with E-state index in [0.29, 0.717) is 21.4 Å².